The van der Waals surface area contributed by atoms with Crippen LogP contribution in [0.3, 0.4) is 0 Å². The molecule has 3 aliphatic carbocycles. The summed E-state index contributed by atoms with van der Waals surface area (Å²) in [5.74, 6) is 1.92. The Kier molecular flexibility index (Phi) is 8.40. The van der Waals surface area contributed by atoms with Crippen LogP contribution in [-0.4, -0.2) is 66.4 Å². The zero-order chi connectivity index (χ0) is 26.7. The van der Waals surface area contributed by atoms with Gasteiger partial charge in [-0.2, -0.15) is 0 Å². The van der Waals surface area contributed by atoms with E-state index in [0.29, 0.717) is 11.3 Å². The van der Waals surface area contributed by atoms with Gasteiger partial charge in [-0.15, -0.1) is 0 Å². The highest BCUT2D eigenvalue weighted by Crippen LogP contribution is 2.59. The van der Waals surface area contributed by atoms with E-state index < -0.39 is 0 Å². The summed E-state index contributed by atoms with van der Waals surface area (Å²) in [5, 5.41) is 0. The number of allylic oxidation sites excluding steroid dienone is 1. The van der Waals surface area contributed by atoms with E-state index in [-0.39, 0.29) is 5.92 Å². The summed E-state index contributed by atoms with van der Waals surface area (Å²) in [5.41, 5.74) is 6.01. The molecule has 0 spiro atoms. The van der Waals surface area contributed by atoms with Crippen LogP contribution in [0, 0.1) is 24.2 Å². The van der Waals surface area contributed by atoms with Crippen molar-refractivity contribution >= 4 is 5.91 Å². The van der Waals surface area contributed by atoms with Crippen molar-refractivity contribution in [3.8, 4) is 0 Å². The SMILES string of the molecule is CCC(C(=O)N1CCN(CCN(CC2=CCC3CC2C3(C)C)Cc2ccc(C)cc2)CC1)c1ccccc1. The van der Waals surface area contributed by atoms with Gasteiger partial charge in [-0.1, -0.05) is 92.6 Å². The summed E-state index contributed by atoms with van der Waals surface area (Å²) in [7, 11) is 0. The lowest BCUT2D eigenvalue weighted by Crippen LogP contribution is -2.52. The van der Waals surface area contributed by atoms with Gasteiger partial charge in [0.15, 0.2) is 0 Å². The molecule has 1 aliphatic heterocycles. The van der Waals surface area contributed by atoms with E-state index in [1.807, 2.05) is 18.2 Å². The summed E-state index contributed by atoms with van der Waals surface area (Å²) < 4.78 is 0. The predicted octanol–water partition coefficient (Wildman–Crippen LogP) is 6.13. The highest BCUT2D eigenvalue weighted by molar-refractivity contribution is 5.83. The minimum atomic E-state index is -0.0214. The first-order valence-electron chi connectivity index (χ1n) is 14.9. The highest BCUT2D eigenvalue weighted by atomic mass is 16.2. The van der Waals surface area contributed by atoms with Crippen LogP contribution in [-0.2, 0) is 11.3 Å². The minimum absolute atomic E-state index is 0.0214. The molecule has 2 aromatic carbocycles. The van der Waals surface area contributed by atoms with Gasteiger partial charge < -0.3 is 4.90 Å². The molecule has 4 nitrogen and oxygen atoms in total. The smallest absolute Gasteiger partial charge is 0.230 e. The van der Waals surface area contributed by atoms with Crippen LogP contribution in [0.5, 0.6) is 0 Å². The monoisotopic (exact) mass is 513 g/mol. The van der Waals surface area contributed by atoms with E-state index in [9.17, 15) is 4.79 Å². The first-order valence-corrected chi connectivity index (χ1v) is 14.9. The van der Waals surface area contributed by atoms with Crippen LogP contribution in [0.15, 0.2) is 66.2 Å². The number of fused-ring (bicyclic) bond motifs is 1. The predicted molar refractivity (Wildman–Crippen MR) is 157 cm³/mol. The number of hydrogen-bond donors (Lipinski definition) is 0. The number of aryl methyl sites for hydroxylation is 1. The molecule has 6 rings (SSSR count). The Labute approximate surface area is 230 Å². The number of carbonyl (C=O) groups is 1. The molecule has 4 aliphatic rings. The zero-order valence-corrected chi connectivity index (χ0v) is 24.0. The second-order valence-electron chi connectivity index (χ2n) is 12.6. The second-order valence-corrected chi connectivity index (χ2v) is 12.6. The second kappa shape index (κ2) is 11.8. The number of carbonyl (C=O) groups excluding carboxylic acids is 1. The maximum absolute atomic E-state index is 13.3. The quantitative estimate of drug-likeness (QED) is 0.358. The Hall–Kier alpha value is -2.43. The fourth-order valence-electron chi connectivity index (χ4n) is 7.01. The van der Waals surface area contributed by atoms with Crippen LogP contribution < -0.4 is 0 Å². The van der Waals surface area contributed by atoms with Crippen molar-refractivity contribution in [1.82, 2.24) is 14.7 Å². The molecule has 2 fully saturated rings. The van der Waals surface area contributed by atoms with E-state index in [1.54, 1.807) is 5.57 Å². The van der Waals surface area contributed by atoms with E-state index in [0.717, 1.165) is 76.2 Å². The van der Waals surface area contributed by atoms with E-state index >= 15 is 0 Å². The maximum atomic E-state index is 13.3. The number of piperazine rings is 1. The number of rotatable bonds is 10. The molecule has 0 N–H and O–H groups in total. The third-order valence-corrected chi connectivity index (χ3v) is 9.84. The van der Waals surface area contributed by atoms with Crippen molar-refractivity contribution in [2.24, 2.45) is 17.3 Å². The lowest BCUT2D eigenvalue weighted by atomic mass is 9.49. The summed E-state index contributed by atoms with van der Waals surface area (Å²) in [6.07, 6.45) is 6.06. The fraction of sp³-hybridized carbons (Fsp3) is 0.559. The van der Waals surface area contributed by atoms with E-state index in [4.69, 9.17) is 0 Å². The Morgan fingerprint density at radius 1 is 1.00 bits per heavy atom. The Balaban J connectivity index is 1.17. The van der Waals surface area contributed by atoms with Crippen molar-refractivity contribution in [3.63, 3.8) is 0 Å². The highest BCUT2D eigenvalue weighted by Gasteiger charge is 2.51. The molecule has 1 saturated heterocycles. The van der Waals surface area contributed by atoms with Gasteiger partial charge in [0.05, 0.1) is 5.92 Å². The molecule has 38 heavy (non-hydrogen) atoms. The van der Waals surface area contributed by atoms with Crippen molar-refractivity contribution in [3.05, 3.63) is 82.9 Å². The third kappa shape index (κ3) is 5.92. The fourth-order valence-corrected chi connectivity index (χ4v) is 7.01. The van der Waals surface area contributed by atoms with Crippen LogP contribution in [0.1, 0.15) is 62.6 Å². The third-order valence-electron chi connectivity index (χ3n) is 9.84. The van der Waals surface area contributed by atoms with Gasteiger partial charge in [-0.05, 0) is 54.6 Å². The molecule has 3 unspecified atom stereocenters. The van der Waals surface area contributed by atoms with Crippen LogP contribution >= 0.6 is 0 Å². The Morgan fingerprint density at radius 2 is 1.71 bits per heavy atom. The number of nitrogens with zero attached hydrogens (tertiary/aromatic N) is 3. The minimum Gasteiger partial charge on any atom is -0.340 e. The first kappa shape index (κ1) is 27.1. The normalized spacial score (nSPS) is 23.6. The average Bonchev–Trinajstić information content (AvgIpc) is 2.94. The lowest BCUT2D eigenvalue weighted by molar-refractivity contribution is -0.134. The van der Waals surface area contributed by atoms with Gasteiger partial charge in [-0.25, -0.2) is 0 Å². The Bertz CT molecular complexity index is 1100. The van der Waals surface area contributed by atoms with Gasteiger partial charge in [0, 0.05) is 52.4 Å². The van der Waals surface area contributed by atoms with Crippen LogP contribution in [0.25, 0.3) is 0 Å². The van der Waals surface area contributed by atoms with Gasteiger partial charge in [-0.3, -0.25) is 14.6 Å². The summed E-state index contributed by atoms with van der Waals surface area (Å²) >= 11 is 0. The molecule has 204 valence electrons. The van der Waals surface area contributed by atoms with Crippen molar-refractivity contribution < 1.29 is 4.79 Å². The molecule has 1 saturated carbocycles. The van der Waals surface area contributed by atoms with Gasteiger partial charge in [0.25, 0.3) is 0 Å². The number of benzene rings is 2. The molecule has 0 radical (unpaired) electrons. The molecular weight excluding hydrogens is 466 g/mol. The lowest BCUT2D eigenvalue weighted by Gasteiger charge is -2.57. The number of amides is 1. The average molecular weight is 514 g/mol. The Morgan fingerprint density at radius 3 is 2.34 bits per heavy atom. The summed E-state index contributed by atoms with van der Waals surface area (Å²) in [6.45, 7) is 17.1. The first-order chi connectivity index (χ1) is 18.3. The maximum Gasteiger partial charge on any atom is 0.230 e. The molecule has 0 aromatic heterocycles. The van der Waals surface area contributed by atoms with Crippen molar-refractivity contribution in [2.45, 2.75) is 59.4 Å². The molecular formula is C34H47N3O. The van der Waals surface area contributed by atoms with Crippen LogP contribution in [0.4, 0.5) is 0 Å². The standard InChI is InChI=1S/C34H47N3O/c1-5-31(28-9-7-6-8-10-28)33(38)37-21-19-35(20-22-37)17-18-36(24-27-13-11-26(2)12-14-27)25-29-15-16-30-23-32(29)34(30,3)4/h6-15,30-32H,5,16-25H2,1-4H3. The van der Waals surface area contributed by atoms with Crippen molar-refractivity contribution in [2.75, 3.05) is 45.8 Å². The van der Waals surface area contributed by atoms with Gasteiger partial charge in [0.2, 0.25) is 5.91 Å². The molecule has 1 amide bonds. The topological polar surface area (TPSA) is 26.8 Å². The molecule has 2 bridgehead atoms. The molecule has 3 atom stereocenters. The van der Waals surface area contributed by atoms with Gasteiger partial charge >= 0.3 is 0 Å². The van der Waals surface area contributed by atoms with Crippen LogP contribution in [0.2, 0.25) is 0 Å². The molecule has 4 heteroatoms. The zero-order valence-electron chi connectivity index (χ0n) is 24.0. The molecule has 2 aromatic rings. The number of hydrogen-bond acceptors (Lipinski definition) is 3. The summed E-state index contributed by atoms with van der Waals surface area (Å²) in [6, 6.07) is 19.4. The van der Waals surface area contributed by atoms with E-state index in [2.05, 4.69) is 84.9 Å². The van der Waals surface area contributed by atoms with Crippen molar-refractivity contribution in [1.29, 1.82) is 0 Å². The van der Waals surface area contributed by atoms with E-state index in [1.165, 1.54) is 24.0 Å². The largest absolute Gasteiger partial charge is 0.340 e. The molecule has 1 heterocycles. The van der Waals surface area contributed by atoms with Gasteiger partial charge in [0.1, 0.15) is 0 Å². The summed E-state index contributed by atoms with van der Waals surface area (Å²) in [4.78, 5) is 20.7.